The number of hydrogen-bond donors (Lipinski definition) is 0. The molecule has 1 unspecified atom stereocenters. The van der Waals surface area contributed by atoms with Crippen LogP contribution in [-0.2, 0) is 29.1 Å². The van der Waals surface area contributed by atoms with Crippen molar-refractivity contribution in [3.8, 4) is 0 Å². The fourth-order valence-electron chi connectivity index (χ4n) is 4.09. The molecule has 0 radical (unpaired) electrons. The van der Waals surface area contributed by atoms with Crippen LogP contribution in [0.5, 0.6) is 0 Å². The Hall–Kier alpha value is -0.180. The number of hydrogen-bond acceptors (Lipinski definition) is 1. The molecule has 0 aromatic heterocycles. The van der Waals surface area contributed by atoms with Gasteiger partial charge < -0.3 is 24.8 Å². The smallest absolute Gasteiger partial charge is 1.00 e. The van der Waals surface area contributed by atoms with E-state index in [0.29, 0.717) is 0 Å². The molecule has 1 aromatic carbocycles. The van der Waals surface area contributed by atoms with Crippen molar-refractivity contribution in [3.05, 3.63) is 69.8 Å². The summed E-state index contributed by atoms with van der Waals surface area (Å²) in [5.74, 6) is 0. The second-order valence-electron chi connectivity index (χ2n) is 8.53. The summed E-state index contributed by atoms with van der Waals surface area (Å²) in [6.07, 6.45) is 7.00. The van der Waals surface area contributed by atoms with Crippen LogP contribution >= 0.6 is 0 Å². The Kier molecular flexibility index (Phi) is 9.44. The second kappa shape index (κ2) is 10.2. The van der Waals surface area contributed by atoms with Gasteiger partial charge in [0.2, 0.25) is 0 Å². The molecule has 28 heavy (non-hydrogen) atoms. The molecule has 2 aliphatic carbocycles. The van der Waals surface area contributed by atoms with E-state index in [9.17, 15) is 0 Å². The van der Waals surface area contributed by atoms with Crippen LogP contribution in [0, 0.1) is 0 Å². The van der Waals surface area contributed by atoms with Crippen LogP contribution in [0.15, 0.2) is 58.7 Å². The Bertz CT molecular complexity index is 856. The summed E-state index contributed by atoms with van der Waals surface area (Å²) >= 11 is 1.50. The first-order valence-corrected chi connectivity index (χ1v) is 14.1. The number of rotatable bonds is 5. The zero-order valence-electron chi connectivity index (χ0n) is 17.6. The first-order chi connectivity index (χ1) is 12.2. The fraction of sp³-hybridized carbons (Fsp3) is 0.391. The molecular weight excluding hydrogens is 482 g/mol. The van der Waals surface area contributed by atoms with E-state index in [0.717, 1.165) is 12.8 Å². The molecule has 1 nitrogen and oxygen atoms in total. The van der Waals surface area contributed by atoms with Crippen molar-refractivity contribution < 1.29 is 54.0 Å². The number of benzene rings is 1. The van der Waals surface area contributed by atoms with E-state index in [1.165, 1.54) is 67.0 Å². The van der Waals surface area contributed by atoms with Gasteiger partial charge in [0, 0.05) is 0 Å². The van der Waals surface area contributed by atoms with E-state index in [-0.39, 0.29) is 30.9 Å². The monoisotopic (exact) mass is 509 g/mol. The molecule has 2 aliphatic rings. The molecule has 1 aromatic rings. The van der Waals surface area contributed by atoms with Crippen molar-refractivity contribution in [2.24, 2.45) is 0 Å². The predicted octanol–water partition coefficient (Wildman–Crippen LogP) is 0.646. The van der Waals surface area contributed by atoms with Gasteiger partial charge in [-0.15, -0.1) is 0 Å². The van der Waals surface area contributed by atoms with Gasteiger partial charge in [0.25, 0.3) is 0 Å². The Labute approximate surface area is 199 Å². The van der Waals surface area contributed by atoms with Crippen molar-refractivity contribution in [2.75, 3.05) is 0 Å². The first kappa shape index (κ1) is 25.9. The summed E-state index contributed by atoms with van der Waals surface area (Å²) in [6, 6.07) is 8.91. The molecule has 3 rings (SSSR count). The third-order valence-electron chi connectivity index (χ3n) is 4.86. The minimum atomic E-state index is -1.51. The zero-order valence-corrected chi connectivity index (χ0v) is 22.6. The van der Waals surface area contributed by atoms with E-state index in [4.69, 9.17) is 4.43 Å². The SMILES string of the molecule is CC(C)=C1C(C2=C(CC(C)O[Si](C)(C)C)C=CC2)=[C]([Zr+2])c2ccccc21.[Cl-].[Cl-]. The standard InChI is InChI=1S/C23H29OSi.2ClH.Zr/c1-16(2)23-21-12-8-7-10-19(21)15-22(23)20-13-9-11-18(20)14-17(3)24-25(4,5)6;;;/h7-12,17H,13-14H2,1-6H3;2*1H;/q;;;+2/p-2. The van der Waals surface area contributed by atoms with Crippen molar-refractivity contribution in [2.45, 2.75) is 59.4 Å². The van der Waals surface area contributed by atoms with Crippen molar-refractivity contribution >= 4 is 17.2 Å². The van der Waals surface area contributed by atoms with E-state index in [1.54, 1.807) is 0 Å². The Balaban J connectivity index is 0.00000196. The maximum Gasteiger partial charge on any atom is -1.00 e. The molecule has 0 saturated heterocycles. The van der Waals surface area contributed by atoms with Gasteiger partial charge in [0.1, 0.15) is 0 Å². The van der Waals surface area contributed by atoms with Crippen molar-refractivity contribution in [1.82, 2.24) is 0 Å². The van der Waals surface area contributed by atoms with E-state index in [1.807, 2.05) is 0 Å². The Morgan fingerprint density at radius 3 is 2.29 bits per heavy atom. The Morgan fingerprint density at radius 1 is 1.11 bits per heavy atom. The van der Waals surface area contributed by atoms with E-state index < -0.39 is 8.32 Å². The van der Waals surface area contributed by atoms with Gasteiger partial charge in [-0.05, 0) is 0 Å². The molecule has 0 aliphatic heterocycles. The average Bonchev–Trinajstić information content (AvgIpc) is 3.08. The molecule has 0 amide bonds. The van der Waals surface area contributed by atoms with Gasteiger partial charge in [-0.25, -0.2) is 0 Å². The maximum absolute atomic E-state index is 6.32. The zero-order chi connectivity index (χ0) is 19.1. The molecule has 0 N–H and O–H groups in total. The molecule has 0 saturated carbocycles. The molecule has 149 valence electrons. The minimum absolute atomic E-state index is 0. The summed E-state index contributed by atoms with van der Waals surface area (Å²) in [7, 11) is -1.51. The number of allylic oxidation sites excluding steroid dienone is 6. The molecule has 0 heterocycles. The number of halogens is 2. The molecule has 0 bridgehead atoms. The second-order valence-corrected chi connectivity index (χ2v) is 14.2. The van der Waals surface area contributed by atoms with Crippen molar-refractivity contribution in [3.63, 3.8) is 0 Å². The van der Waals surface area contributed by atoms with Gasteiger partial charge >= 0.3 is 176 Å². The molecule has 0 spiro atoms. The van der Waals surface area contributed by atoms with Gasteiger partial charge in [-0.2, -0.15) is 0 Å². The predicted molar refractivity (Wildman–Crippen MR) is 111 cm³/mol. The van der Waals surface area contributed by atoms with Crippen LogP contribution < -0.4 is 24.8 Å². The topological polar surface area (TPSA) is 9.23 Å². The third-order valence-corrected chi connectivity index (χ3v) is 7.24. The molecule has 1 atom stereocenters. The average molecular weight is 512 g/mol. The van der Waals surface area contributed by atoms with Crippen LogP contribution in [0.3, 0.4) is 0 Å². The minimum Gasteiger partial charge on any atom is -1.00 e. The van der Waals surface area contributed by atoms with Gasteiger partial charge in [-0.3, -0.25) is 0 Å². The summed E-state index contributed by atoms with van der Waals surface area (Å²) in [6.45, 7) is 13.5. The van der Waals surface area contributed by atoms with Crippen LogP contribution in [0.4, 0.5) is 0 Å². The van der Waals surface area contributed by atoms with Crippen LogP contribution in [0.2, 0.25) is 19.6 Å². The molecular formula is C23H29Cl2OSiZr. The van der Waals surface area contributed by atoms with Crippen LogP contribution in [0.25, 0.3) is 8.85 Å². The Morgan fingerprint density at radius 2 is 1.71 bits per heavy atom. The molecule has 0 fully saturated rings. The fourth-order valence-corrected chi connectivity index (χ4v) is 6.60. The first-order valence-electron chi connectivity index (χ1n) is 9.49. The summed E-state index contributed by atoms with van der Waals surface area (Å²) in [5, 5.41) is 0. The number of fused-ring (bicyclic) bond motifs is 1. The van der Waals surface area contributed by atoms with Crippen LogP contribution in [-0.4, -0.2) is 14.4 Å². The summed E-state index contributed by atoms with van der Waals surface area (Å²) in [5.41, 5.74) is 10.2. The summed E-state index contributed by atoms with van der Waals surface area (Å²) < 4.78 is 7.83. The summed E-state index contributed by atoms with van der Waals surface area (Å²) in [4.78, 5) is 0. The maximum atomic E-state index is 6.32. The van der Waals surface area contributed by atoms with E-state index >= 15 is 0 Å². The van der Waals surface area contributed by atoms with Gasteiger partial charge in [-0.1, -0.05) is 0 Å². The van der Waals surface area contributed by atoms with E-state index in [2.05, 4.69) is 76.8 Å². The third kappa shape index (κ3) is 5.49. The molecule has 5 heteroatoms. The normalized spacial score (nSPS) is 16.8. The van der Waals surface area contributed by atoms with Crippen LogP contribution in [0.1, 0.15) is 44.7 Å². The van der Waals surface area contributed by atoms with Gasteiger partial charge in [0.15, 0.2) is 0 Å². The largest absolute Gasteiger partial charge is 1.00 e. The van der Waals surface area contributed by atoms with Crippen molar-refractivity contribution in [1.29, 1.82) is 0 Å². The quantitative estimate of drug-likeness (QED) is 0.528. The van der Waals surface area contributed by atoms with Gasteiger partial charge in [0.05, 0.1) is 0 Å².